The molecule has 0 fully saturated rings. The lowest BCUT2D eigenvalue weighted by molar-refractivity contribution is 0.698. The van der Waals surface area contributed by atoms with E-state index in [9.17, 15) is 0 Å². The van der Waals surface area contributed by atoms with E-state index >= 15 is 0 Å². The van der Waals surface area contributed by atoms with E-state index in [4.69, 9.17) is 0 Å². The van der Waals surface area contributed by atoms with Crippen LogP contribution in [0.15, 0.2) is 12.2 Å². The molecule has 0 amide bonds. The molecule has 0 aliphatic rings. The van der Waals surface area contributed by atoms with Gasteiger partial charge in [-0.2, -0.15) is 0 Å². The van der Waals surface area contributed by atoms with Crippen LogP contribution in [0, 0.1) is 5.92 Å². The molecule has 0 N–H and O–H groups in total. The molecule has 0 aliphatic heterocycles. The Labute approximate surface area is 65.3 Å². The van der Waals surface area contributed by atoms with E-state index in [0.717, 1.165) is 0 Å². The minimum absolute atomic E-state index is 1.25. The minimum Gasteiger partial charge on any atom is -0.0917 e. The molecule has 0 aromatic heterocycles. The maximum absolute atomic E-state index is 2.24. The van der Waals surface area contributed by atoms with Crippen LogP contribution in [0.4, 0.5) is 0 Å². The highest BCUT2D eigenvalue weighted by atomic mass is 14.0. The third-order valence-corrected chi connectivity index (χ3v) is 1.53. The molecule has 10 heavy (non-hydrogen) atoms. The van der Waals surface area contributed by atoms with E-state index in [1.54, 1.807) is 5.92 Å². The first-order valence-corrected chi connectivity index (χ1v) is 4.17. The highest BCUT2D eigenvalue weighted by molar-refractivity contribution is 4.79. The van der Waals surface area contributed by atoms with Gasteiger partial charge in [0, 0.05) is 0 Å². The van der Waals surface area contributed by atoms with E-state index in [0.29, 0.717) is 0 Å². The van der Waals surface area contributed by atoms with Crippen molar-refractivity contribution in [1.82, 2.24) is 0 Å². The Bertz CT molecular complexity index is 80.0. The molecule has 0 atom stereocenters. The fraction of sp³-hybridized carbons (Fsp3) is 0.700. The average molecular weight is 139 g/mol. The van der Waals surface area contributed by atoms with E-state index in [1.165, 1.54) is 25.7 Å². The Morgan fingerprint density at radius 3 is 2.40 bits per heavy atom. The van der Waals surface area contributed by atoms with Crippen molar-refractivity contribution in [3.8, 4) is 0 Å². The van der Waals surface area contributed by atoms with Crippen molar-refractivity contribution in [2.75, 3.05) is 0 Å². The lowest BCUT2D eigenvalue weighted by Crippen LogP contribution is -1.83. The van der Waals surface area contributed by atoms with Gasteiger partial charge in [0.1, 0.15) is 0 Å². The first kappa shape index (κ1) is 9.74. The molecule has 0 unspecified atom stereocenters. The van der Waals surface area contributed by atoms with Gasteiger partial charge in [-0.3, -0.25) is 0 Å². The Kier molecular flexibility index (Phi) is 6.68. The second-order valence-corrected chi connectivity index (χ2v) is 3.02. The molecule has 0 saturated carbocycles. The Morgan fingerprint density at radius 1 is 1.20 bits per heavy atom. The van der Waals surface area contributed by atoms with Crippen LogP contribution < -0.4 is 0 Å². The number of hydrogen-bond donors (Lipinski definition) is 0. The highest BCUT2D eigenvalue weighted by Gasteiger charge is 1.91. The zero-order valence-electron chi connectivity index (χ0n) is 7.48. The molecule has 0 aromatic carbocycles. The van der Waals surface area contributed by atoms with E-state index in [-0.39, 0.29) is 0 Å². The van der Waals surface area contributed by atoms with E-state index in [2.05, 4.69) is 32.9 Å². The Balaban J connectivity index is 2.91. The predicted molar refractivity (Wildman–Crippen MR) is 47.9 cm³/mol. The van der Waals surface area contributed by atoms with Crippen molar-refractivity contribution >= 4 is 0 Å². The molecule has 0 aliphatic carbocycles. The molecular weight excluding hydrogens is 120 g/mol. The average Bonchev–Trinajstić information content (AvgIpc) is 1.87. The Hall–Kier alpha value is -0.260. The second-order valence-electron chi connectivity index (χ2n) is 3.02. The summed E-state index contributed by atoms with van der Waals surface area (Å²) >= 11 is 0. The number of allylic oxidation sites excluding steroid dienone is 2. The second kappa shape index (κ2) is 6.85. The lowest BCUT2D eigenvalue weighted by atomic mass is 10.1. The minimum atomic E-state index is 1.25. The normalized spacial score (nSPS) is 11.6. The van der Waals surface area contributed by atoms with Gasteiger partial charge in [0.15, 0.2) is 0 Å². The van der Waals surface area contributed by atoms with Crippen LogP contribution in [0.1, 0.15) is 46.5 Å². The fourth-order valence-electron chi connectivity index (χ4n) is 0.907. The van der Waals surface area contributed by atoms with Gasteiger partial charge >= 0.3 is 0 Å². The zero-order valence-corrected chi connectivity index (χ0v) is 7.48. The molecule has 0 saturated heterocycles. The van der Waals surface area contributed by atoms with Crippen LogP contribution in [0.3, 0.4) is 0 Å². The first-order valence-electron chi connectivity index (χ1n) is 4.17. The third-order valence-electron chi connectivity index (χ3n) is 1.53. The third kappa shape index (κ3) is 7.74. The Morgan fingerprint density at radius 2 is 1.90 bits per heavy atom. The van der Waals surface area contributed by atoms with Crippen molar-refractivity contribution in [2.45, 2.75) is 46.5 Å². The molecule has 0 heteroatoms. The topological polar surface area (TPSA) is 0 Å². The van der Waals surface area contributed by atoms with Crippen molar-refractivity contribution < 1.29 is 0 Å². The monoisotopic (exact) mass is 139 g/mol. The molecule has 0 rings (SSSR count). The number of unbranched alkanes of at least 4 members (excludes halogenated alkanes) is 2. The van der Waals surface area contributed by atoms with Crippen LogP contribution in [-0.4, -0.2) is 0 Å². The molecule has 0 bridgehead atoms. The molecule has 0 nitrogen and oxygen atoms in total. The summed E-state index contributed by atoms with van der Waals surface area (Å²) in [6.07, 6.45) is 9.62. The van der Waals surface area contributed by atoms with Crippen LogP contribution in [0.2, 0.25) is 0 Å². The van der Waals surface area contributed by atoms with Gasteiger partial charge in [0.2, 0.25) is 0 Å². The first-order chi connectivity index (χ1) is 4.77. The SMILES string of the molecule is CC=CCCCC[C](C)C. The van der Waals surface area contributed by atoms with Gasteiger partial charge < -0.3 is 0 Å². The molecule has 0 spiro atoms. The smallest absolute Gasteiger partial charge is 0.0303 e. The maximum atomic E-state index is 2.24. The fourth-order valence-corrected chi connectivity index (χ4v) is 0.907. The van der Waals surface area contributed by atoms with Crippen LogP contribution in [0.25, 0.3) is 0 Å². The van der Waals surface area contributed by atoms with Gasteiger partial charge in [0.25, 0.3) is 0 Å². The molecule has 1 radical (unpaired) electrons. The maximum Gasteiger partial charge on any atom is -0.0303 e. The van der Waals surface area contributed by atoms with Crippen molar-refractivity contribution in [3.05, 3.63) is 18.1 Å². The molecule has 0 aromatic rings. The summed E-state index contributed by atoms with van der Waals surface area (Å²) in [5, 5.41) is 0. The summed E-state index contributed by atoms with van der Waals surface area (Å²) in [5.74, 6) is 1.56. The molecule has 0 heterocycles. The van der Waals surface area contributed by atoms with E-state index < -0.39 is 0 Å². The number of hydrogen-bond acceptors (Lipinski definition) is 0. The summed E-state index contributed by atoms with van der Waals surface area (Å²) in [5.41, 5.74) is 0. The van der Waals surface area contributed by atoms with Crippen molar-refractivity contribution in [1.29, 1.82) is 0 Å². The van der Waals surface area contributed by atoms with E-state index in [1.807, 2.05) is 0 Å². The largest absolute Gasteiger partial charge is 0.0917 e. The lowest BCUT2D eigenvalue weighted by Gasteiger charge is -2.00. The van der Waals surface area contributed by atoms with Crippen molar-refractivity contribution in [2.24, 2.45) is 0 Å². The van der Waals surface area contributed by atoms with Gasteiger partial charge in [0.05, 0.1) is 0 Å². The summed E-state index contributed by atoms with van der Waals surface area (Å²) in [6, 6.07) is 0. The van der Waals surface area contributed by atoms with Gasteiger partial charge in [-0.1, -0.05) is 32.4 Å². The van der Waals surface area contributed by atoms with Crippen molar-refractivity contribution in [3.63, 3.8) is 0 Å². The number of rotatable bonds is 5. The van der Waals surface area contributed by atoms with Gasteiger partial charge in [-0.25, -0.2) is 0 Å². The molecular formula is C10H19. The summed E-state index contributed by atoms with van der Waals surface area (Å²) < 4.78 is 0. The highest BCUT2D eigenvalue weighted by Crippen LogP contribution is 2.09. The van der Waals surface area contributed by atoms with Crippen LogP contribution in [-0.2, 0) is 0 Å². The molecule has 59 valence electrons. The standard InChI is InChI=1S/C10H19/c1-4-5-6-7-8-9-10(2)3/h4-5H,6-9H2,1-3H3. The zero-order chi connectivity index (χ0) is 7.82. The van der Waals surface area contributed by atoms with Gasteiger partial charge in [-0.15, -0.1) is 0 Å². The van der Waals surface area contributed by atoms with Crippen LogP contribution >= 0.6 is 0 Å². The predicted octanol–water partition coefficient (Wildman–Crippen LogP) is 3.74. The van der Waals surface area contributed by atoms with Crippen LogP contribution in [0.5, 0.6) is 0 Å². The van der Waals surface area contributed by atoms with Gasteiger partial charge in [-0.05, 0) is 32.1 Å². The quantitative estimate of drug-likeness (QED) is 0.402. The summed E-state index contributed by atoms with van der Waals surface area (Å²) in [7, 11) is 0. The summed E-state index contributed by atoms with van der Waals surface area (Å²) in [4.78, 5) is 0. The summed E-state index contributed by atoms with van der Waals surface area (Å²) in [6.45, 7) is 6.49.